The van der Waals surface area contributed by atoms with Crippen molar-refractivity contribution in [1.29, 1.82) is 0 Å². The Morgan fingerprint density at radius 2 is 1.17 bits per heavy atom. The summed E-state index contributed by atoms with van der Waals surface area (Å²) in [5.41, 5.74) is 3.48. The molecule has 0 N–H and O–H groups in total. The van der Waals surface area contributed by atoms with Gasteiger partial charge in [0.05, 0.1) is 0 Å². The van der Waals surface area contributed by atoms with E-state index in [9.17, 15) is 8.78 Å². The van der Waals surface area contributed by atoms with Crippen molar-refractivity contribution in [2.24, 2.45) is 0 Å². The molecule has 0 atom stereocenters. The number of piperazine rings is 1. The summed E-state index contributed by atoms with van der Waals surface area (Å²) >= 11 is 1.94. The maximum absolute atomic E-state index is 13.4. The van der Waals surface area contributed by atoms with Gasteiger partial charge in [0.1, 0.15) is 11.6 Å². The topological polar surface area (TPSA) is 6.48 Å². The van der Waals surface area contributed by atoms with Crippen molar-refractivity contribution in [2.45, 2.75) is 30.6 Å². The smallest absolute Gasteiger partial charge is 0.123 e. The second-order valence-corrected chi connectivity index (χ2v) is 10.3. The van der Waals surface area contributed by atoms with E-state index in [0.717, 1.165) is 69.0 Å². The van der Waals surface area contributed by atoms with Crippen molar-refractivity contribution in [3.05, 3.63) is 101 Å². The Morgan fingerprint density at radius 1 is 0.694 bits per heavy atom. The SMILES string of the molecule is Cc1ccc(SCCN2CCN(CCCC(c3ccc(F)cc3)c3ccc(F)cc3)CC2)cc1.Cl.Cl. The van der Waals surface area contributed by atoms with Gasteiger partial charge < -0.3 is 4.90 Å². The molecule has 0 saturated carbocycles. The molecule has 0 radical (unpaired) electrons. The maximum atomic E-state index is 13.4. The van der Waals surface area contributed by atoms with Crippen LogP contribution >= 0.6 is 36.6 Å². The highest BCUT2D eigenvalue weighted by Gasteiger charge is 2.18. The molecular weight excluding hydrogens is 517 g/mol. The Hall–Kier alpha value is -1.63. The van der Waals surface area contributed by atoms with Gasteiger partial charge in [0.25, 0.3) is 0 Å². The third-order valence-corrected chi connectivity index (χ3v) is 7.67. The van der Waals surface area contributed by atoms with Crippen LogP contribution in [0.5, 0.6) is 0 Å². The molecule has 2 nitrogen and oxygen atoms in total. The molecule has 1 aliphatic rings. The fourth-order valence-electron chi connectivity index (χ4n) is 4.60. The van der Waals surface area contributed by atoms with Crippen LogP contribution in [0.1, 0.15) is 35.4 Å². The van der Waals surface area contributed by atoms with Crippen LogP contribution in [-0.2, 0) is 0 Å². The zero-order valence-electron chi connectivity index (χ0n) is 20.7. The molecule has 1 aliphatic heterocycles. The van der Waals surface area contributed by atoms with Crippen molar-refractivity contribution >= 4 is 36.6 Å². The van der Waals surface area contributed by atoms with Crippen LogP contribution in [0.15, 0.2) is 77.7 Å². The third-order valence-electron chi connectivity index (χ3n) is 6.67. The Morgan fingerprint density at radius 3 is 1.67 bits per heavy atom. The molecule has 7 heteroatoms. The van der Waals surface area contributed by atoms with E-state index in [1.807, 2.05) is 36.0 Å². The highest BCUT2D eigenvalue weighted by atomic mass is 35.5. The first-order valence-corrected chi connectivity index (χ1v) is 13.2. The highest BCUT2D eigenvalue weighted by Crippen LogP contribution is 2.30. The number of benzene rings is 3. The summed E-state index contributed by atoms with van der Waals surface area (Å²) in [7, 11) is 0. The largest absolute Gasteiger partial charge is 0.301 e. The van der Waals surface area contributed by atoms with Crippen molar-refractivity contribution in [3.8, 4) is 0 Å². The zero-order chi connectivity index (χ0) is 23.8. The van der Waals surface area contributed by atoms with Gasteiger partial charge in [-0.25, -0.2) is 8.78 Å². The Bertz CT molecular complexity index is 963. The van der Waals surface area contributed by atoms with Gasteiger partial charge in [-0.05, 0) is 73.8 Å². The van der Waals surface area contributed by atoms with E-state index >= 15 is 0 Å². The molecule has 0 unspecified atom stereocenters. The minimum Gasteiger partial charge on any atom is -0.301 e. The lowest BCUT2D eigenvalue weighted by Gasteiger charge is -2.35. The second-order valence-electron chi connectivity index (χ2n) is 9.14. The number of hydrogen-bond acceptors (Lipinski definition) is 3. The standard InChI is InChI=1S/C29H34F2N2S.2ClH/c1-23-4-14-28(15-5-23)34-22-21-33-19-17-32(18-20-33)16-2-3-29(24-6-10-26(30)11-7-24)25-8-12-27(31)13-9-25;;/h4-15,29H,2-3,16-22H2,1H3;2*1H. The van der Waals surface area contributed by atoms with Gasteiger partial charge in [0.2, 0.25) is 0 Å². The average Bonchev–Trinajstić information content (AvgIpc) is 2.85. The Balaban J connectivity index is 0.00000228. The summed E-state index contributed by atoms with van der Waals surface area (Å²) < 4.78 is 26.9. The second kappa shape index (κ2) is 15.6. The fraction of sp³-hybridized carbons (Fsp3) is 0.379. The number of hydrogen-bond donors (Lipinski definition) is 0. The molecule has 1 fully saturated rings. The van der Waals surface area contributed by atoms with Crippen LogP contribution in [0.4, 0.5) is 8.78 Å². The van der Waals surface area contributed by atoms with Gasteiger partial charge >= 0.3 is 0 Å². The minimum absolute atomic E-state index is 0. The van der Waals surface area contributed by atoms with Gasteiger partial charge in [-0.1, -0.05) is 42.0 Å². The molecule has 1 saturated heterocycles. The lowest BCUT2D eigenvalue weighted by molar-refractivity contribution is 0.136. The Labute approximate surface area is 231 Å². The molecule has 3 aromatic carbocycles. The van der Waals surface area contributed by atoms with Gasteiger partial charge in [0, 0.05) is 49.3 Å². The molecule has 0 aliphatic carbocycles. The van der Waals surface area contributed by atoms with Crippen LogP contribution < -0.4 is 0 Å². The number of halogens is 4. The van der Waals surface area contributed by atoms with Crippen LogP contribution in [-0.4, -0.2) is 54.8 Å². The van der Waals surface area contributed by atoms with E-state index in [1.54, 1.807) is 0 Å². The van der Waals surface area contributed by atoms with Crippen LogP contribution in [0.25, 0.3) is 0 Å². The quantitative estimate of drug-likeness (QED) is 0.241. The molecule has 0 aromatic heterocycles. The first-order valence-electron chi connectivity index (χ1n) is 12.2. The number of rotatable bonds is 10. The number of nitrogens with zero attached hydrogens (tertiary/aromatic N) is 2. The fourth-order valence-corrected chi connectivity index (χ4v) is 5.51. The van der Waals surface area contributed by atoms with E-state index in [1.165, 1.54) is 34.7 Å². The molecule has 4 rings (SSSR count). The van der Waals surface area contributed by atoms with Crippen LogP contribution in [0.2, 0.25) is 0 Å². The predicted molar refractivity (Wildman–Crippen MR) is 153 cm³/mol. The van der Waals surface area contributed by atoms with Gasteiger partial charge in [-0.3, -0.25) is 4.90 Å². The highest BCUT2D eigenvalue weighted by molar-refractivity contribution is 7.99. The zero-order valence-corrected chi connectivity index (χ0v) is 23.2. The molecule has 3 aromatic rings. The van der Waals surface area contributed by atoms with Crippen molar-refractivity contribution in [3.63, 3.8) is 0 Å². The monoisotopic (exact) mass is 552 g/mol. The van der Waals surface area contributed by atoms with E-state index in [0.29, 0.717) is 0 Å². The van der Waals surface area contributed by atoms with Crippen molar-refractivity contribution in [1.82, 2.24) is 9.80 Å². The van der Waals surface area contributed by atoms with Gasteiger partial charge in [-0.15, -0.1) is 36.6 Å². The van der Waals surface area contributed by atoms with Gasteiger partial charge in [0.15, 0.2) is 0 Å². The molecular formula is C29H36Cl2F2N2S. The third kappa shape index (κ3) is 9.35. The van der Waals surface area contributed by atoms with Crippen molar-refractivity contribution in [2.75, 3.05) is 45.0 Å². The van der Waals surface area contributed by atoms with E-state index < -0.39 is 0 Å². The van der Waals surface area contributed by atoms with Crippen molar-refractivity contribution < 1.29 is 8.78 Å². The molecule has 1 heterocycles. The lowest BCUT2D eigenvalue weighted by Crippen LogP contribution is -2.47. The summed E-state index contributed by atoms with van der Waals surface area (Å²) in [5.74, 6) is 0.829. The van der Waals surface area contributed by atoms with E-state index in [4.69, 9.17) is 0 Å². The summed E-state index contributed by atoms with van der Waals surface area (Å²) in [6, 6.07) is 22.3. The number of thioether (sulfide) groups is 1. The van der Waals surface area contributed by atoms with Gasteiger partial charge in [-0.2, -0.15) is 0 Å². The summed E-state index contributed by atoms with van der Waals surface area (Å²) in [4.78, 5) is 6.47. The first kappa shape index (κ1) is 30.6. The lowest BCUT2D eigenvalue weighted by atomic mass is 9.87. The molecule has 0 spiro atoms. The molecule has 0 amide bonds. The molecule has 36 heavy (non-hydrogen) atoms. The van der Waals surface area contributed by atoms with Crippen LogP contribution in [0.3, 0.4) is 0 Å². The normalized spacial score (nSPS) is 14.3. The minimum atomic E-state index is -0.225. The Kier molecular flexibility index (Phi) is 13.2. The maximum Gasteiger partial charge on any atom is 0.123 e. The molecule has 196 valence electrons. The summed E-state index contributed by atoms with van der Waals surface area (Å²) in [5, 5.41) is 0. The van der Waals surface area contributed by atoms with E-state index in [-0.39, 0.29) is 42.4 Å². The summed E-state index contributed by atoms with van der Waals surface area (Å²) in [6.07, 6.45) is 2.02. The number of aryl methyl sites for hydroxylation is 1. The summed E-state index contributed by atoms with van der Waals surface area (Å²) in [6.45, 7) is 8.76. The average molecular weight is 554 g/mol. The van der Waals surface area contributed by atoms with Crippen LogP contribution in [0, 0.1) is 18.6 Å². The predicted octanol–water partition coefficient (Wildman–Crippen LogP) is 7.44. The van der Waals surface area contributed by atoms with E-state index in [2.05, 4.69) is 41.0 Å². The molecule has 0 bridgehead atoms. The first-order chi connectivity index (χ1) is 16.6.